The summed E-state index contributed by atoms with van der Waals surface area (Å²) in [5.41, 5.74) is 0.551. The smallest absolute Gasteiger partial charge is 0.407 e. The Balaban J connectivity index is 2.09. The van der Waals surface area contributed by atoms with Crippen molar-refractivity contribution in [2.45, 2.75) is 32.9 Å². The van der Waals surface area contributed by atoms with E-state index < -0.39 is 11.7 Å². The number of hydrogen-bond acceptors (Lipinski definition) is 2. The molecule has 0 spiro atoms. The first kappa shape index (κ1) is 14.9. The van der Waals surface area contributed by atoms with Gasteiger partial charge in [0.15, 0.2) is 0 Å². The molecule has 0 atom stereocenters. The maximum Gasteiger partial charge on any atom is 0.407 e. The van der Waals surface area contributed by atoms with Crippen LogP contribution in [0.15, 0.2) is 40.9 Å². The van der Waals surface area contributed by atoms with Gasteiger partial charge in [-0.15, -0.1) is 0 Å². The summed E-state index contributed by atoms with van der Waals surface area (Å²) in [6.07, 6.45) is -0.401. The molecule has 0 aromatic heterocycles. The summed E-state index contributed by atoms with van der Waals surface area (Å²) in [6, 6.07) is 12.2. The number of fused-ring (bicyclic) bond motifs is 1. The molecule has 20 heavy (non-hydrogen) atoms. The lowest BCUT2D eigenvalue weighted by Crippen LogP contribution is -2.32. The van der Waals surface area contributed by atoms with Gasteiger partial charge >= 0.3 is 6.09 Å². The van der Waals surface area contributed by atoms with Crippen LogP contribution in [0.1, 0.15) is 26.3 Å². The summed E-state index contributed by atoms with van der Waals surface area (Å²) >= 11 is 3.56. The van der Waals surface area contributed by atoms with Gasteiger partial charge in [0.05, 0.1) is 0 Å². The van der Waals surface area contributed by atoms with Crippen LogP contribution in [0.5, 0.6) is 0 Å². The number of carbonyl (C=O) groups is 1. The fourth-order valence-corrected chi connectivity index (χ4v) is 2.57. The lowest BCUT2D eigenvalue weighted by molar-refractivity contribution is 0.0523. The van der Waals surface area contributed by atoms with Gasteiger partial charge in [-0.05, 0) is 49.2 Å². The van der Waals surface area contributed by atoms with E-state index in [0.717, 1.165) is 20.8 Å². The first-order valence-electron chi connectivity index (χ1n) is 6.49. The summed E-state index contributed by atoms with van der Waals surface area (Å²) in [7, 11) is 0. The third kappa shape index (κ3) is 3.97. The first-order chi connectivity index (χ1) is 9.35. The number of nitrogens with one attached hydrogen (secondary N) is 1. The van der Waals surface area contributed by atoms with Crippen LogP contribution in [-0.2, 0) is 11.3 Å². The quantitative estimate of drug-likeness (QED) is 0.868. The summed E-state index contributed by atoms with van der Waals surface area (Å²) in [6.45, 7) is 5.98. The van der Waals surface area contributed by atoms with E-state index in [2.05, 4.69) is 39.4 Å². The van der Waals surface area contributed by atoms with Gasteiger partial charge in [0, 0.05) is 11.0 Å². The second kappa shape index (κ2) is 5.83. The van der Waals surface area contributed by atoms with Gasteiger partial charge in [-0.1, -0.05) is 40.2 Å². The van der Waals surface area contributed by atoms with E-state index in [-0.39, 0.29) is 0 Å². The average molecular weight is 336 g/mol. The molecule has 0 aliphatic carbocycles. The zero-order valence-electron chi connectivity index (χ0n) is 11.9. The van der Waals surface area contributed by atoms with Crippen LogP contribution in [0.3, 0.4) is 0 Å². The van der Waals surface area contributed by atoms with Crippen molar-refractivity contribution in [2.75, 3.05) is 0 Å². The van der Waals surface area contributed by atoms with Crippen molar-refractivity contribution in [1.82, 2.24) is 5.32 Å². The van der Waals surface area contributed by atoms with Gasteiger partial charge in [0.2, 0.25) is 0 Å². The van der Waals surface area contributed by atoms with Crippen LogP contribution >= 0.6 is 15.9 Å². The third-order valence-electron chi connectivity index (χ3n) is 2.71. The number of alkyl carbamates (subject to hydrolysis) is 1. The second-order valence-corrected chi connectivity index (χ2v) is 6.51. The highest BCUT2D eigenvalue weighted by Crippen LogP contribution is 2.25. The van der Waals surface area contributed by atoms with E-state index >= 15 is 0 Å². The van der Waals surface area contributed by atoms with Crippen molar-refractivity contribution in [2.24, 2.45) is 0 Å². The Bertz CT molecular complexity index is 632. The van der Waals surface area contributed by atoms with E-state index in [1.807, 2.05) is 39.0 Å². The summed E-state index contributed by atoms with van der Waals surface area (Å²) in [5.74, 6) is 0. The number of halogens is 1. The normalized spacial score (nSPS) is 11.4. The van der Waals surface area contributed by atoms with E-state index in [1.165, 1.54) is 0 Å². The third-order valence-corrected chi connectivity index (χ3v) is 3.36. The monoisotopic (exact) mass is 335 g/mol. The zero-order valence-corrected chi connectivity index (χ0v) is 13.5. The molecule has 2 aromatic rings. The molecule has 0 aliphatic heterocycles. The van der Waals surface area contributed by atoms with Gasteiger partial charge in [0.1, 0.15) is 5.60 Å². The molecule has 0 radical (unpaired) electrons. The minimum absolute atomic E-state index is 0.401. The molecule has 2 aromatic carbocycles. The molecule has 0 fully saturated rings. The minimum atomic E-state index is -0.478. The highest BCUT2D eigenvalue weighted by Gasteiger charge is 2.15. The maximum absolute atomic E-state index is 11.6. The van der Waals surface area contributed by atoms with Crippen molar-refractivity contribution < 1.29 is 9.53 Å². The van der Waals surface area contributed by atoms with Crippen LogP contribution in [0.2, 0.25) is 0 Å². The number of amides is 1. The van der Waals surface area contributed by atoms with Crippen LogP contribution in [0, 0.1) is 0 Å². The fourth-order valence-electron chi connectivity index (χ4n) is 1.91. The van der Waals surface area contributed by atoms with Crippen molar-refractivity contribution >= 4 is 32.8 Å². The Morgan fingerprint density at radius 2 is 1.95 bits per heavy atom. The van der Waals surface area contributed by atoms with Crippen molar-refractivity contribution in [3.63, 3.8) is 0 Å². The molecule has 4 heteroatoms. The van der Waals surface area contributed by atoms with Gasteiger partial charge in [-0.3, -0.25) is 0 Å². The Kier molecular flexibility index (Phi) is 4.33. The standard InChI is InChI=1S/C16H18BrNO2/c1-16(2,3)20-15(19)18-10-11-8-12-6-4-5-7-13(12)14(17)9-11/h4-9H,10H2,1-3H3,(H,18,19). The zero-order chi connectivity index (χ0) is 14.8. The van der Waals surface area contributed by atoms with E-state index in [4.69, 9.17) is 4.74 Å². The number of ether oxygens (including phenoxy) is 1. The molecular formula is C16H18BrNO2. The van der Waals surface area contributed by atoms with E-state index in [0.29, 0.717) is 6.54 Å². The minimum Gasteiger partial charge on any atom is -0.444 e. The number of benzene rings is 2. The van der Waals surface area contributed by atoms with Crippen LogP contribution in [0.4, 0.5) is 4.79 Å². The molecule has 1 N–H and O–H groups in total. The molecule has 0 unspecified atom stereocenters. The molecule has 0 heterocycles. The predicted octanol–water partition coefficient (Wildman–Crippen LogP) is 4.63. The lowest BCUT2D eigenvalue weighted by Gasteiger charge is -2.19. The second-order valence-electron chi connectivity index (χ2n) is 5.65. The first-order valence-corrected chi connectivity index (χ1v) is 7.28. The summed E-state index contributed by atoms with van der Waals surface area (Å²) < 4.78 is 6.24. The lowest BCUT2D eigenvalue weighted by atomic mass is 10.1. The maximum atomic E-state index is 11.6. The molecule has 1 amide bonds. The van der Waals surface area contributed by atoms with Crippen molar-refractivity contribution in [1.29, 1.82) is 0 Å². The Morgan fingerprint density at radius 3 is 2.65 bits per heavy atom. The highest BCUT2D eigenvalue weighted by atomic mass is 79.9. The Hall–Kier alpha value is -1.55. The van der Waals surface area contributed by atoms with Crippen LogP contribution < -0.4 is 5.32 Å². The molecule has 0 saturated carbocycles. The number of rotatable bonds is 2. The molecule has 0 saturated heterocycles. The Labute approximate surface area is 127 Å². The largest absolute Gasteiger partial charge is 0.444 e. The van der Waals surface area contributed by atoms with Gasteiger partial charge in [-0.2, -0.15) is 0 Å². The van der Waals surface area contributed by atoms with Gasteiger partial charge in [-0.25, -0.2) is 4.79 Å². The van der Waals surface area contributed by atoms with Crippen LogP contribution in [0.25, 0.3) is 10.8 Å². The molecule has 0 bridgehead atoms. The van der Waals surface area contributed by atoms with Gasteiger partial charge < -0.3 is 10.1 Å². The Morgan fingerprint density at radius 1 is 1.25 bits per heavy atom. The molecule has 0 aliphatic rings. The van der Waals surface area contributed by atoms with E-state index in [9.17, 15) is 4.79 Å². The topological polar surface area (TPSA) is 38.3 Å². The molecule has 2 rings (SSSR count). The summed E-state index contributed by atoms with van der Waals surface area (Å²) in [4.78, 5) is 11.6. The highest BCUT2D eigenvalue weighted by molar-refractivity contribution is 9.10. The SMILES string of the molecule is CC(C)(C)OC(=O)NCc1cc(Br)c2ccccc2c1. The predicted molar refractivity (Wildman–Crippen MR) is 84.7 cm³/mol. The van der Waals surface area contributed by atoms with E-state index in [1.54, 1.807) is 0 Å². The molecule has 3 nitrogen and oxygen atoms in total. The van der Waals surface area contributed by atoms with Gasteiger partial charge in [0.25, 0.3) is 0 Å². The number of hydrogen-bond donors (Lipinski definition) is 1. The average Bonchev–Trinajstić information content (AvgIpc) is 2.34. The molecule has 106 valence electrons. The molecular weight excluding hydrogens is 318 g/mol. The summed E-state index contributed by atoms with van der Waals surface area (Å²) in [5, 5.41) is 5.07. The van der Waals surface area contributed by atoms with Crippen molar-refractivity contribution in [3.05, 3.63) is 46.4 Å². The fraction of sp³-hybridized carbons (Fsp3) is 0.312. The number of carbonyl (C=O) groups excluding carboxylic acids is 1. The van der Waals surface area contributed by atoms with Crippen molar-refractivity contribution in [3.8, 4) is 0 Å². The van der Waals surface area contributed by atoms with Crippen LogP contribution in [-0.4, -0.2) is 11.7 Å².